The highest BCUT2D eigenvalue weighted by Crippen LogP contribution is 2.21. The van der Waals surface area contributed by atoms with Crippen LogP contribution in [0.25, 0.3) is 0 Å². The van der Waals surface area contributed by atoms with Crippen LogP contribution < -0.4 is 10.2 Å². The number of rotatable bonds is 7. The Kier molecular flexibility index (Phi) is 7.05. The molecule has 0 bridgehead atoms. The molecule has 0 radical (unpaired) electrons. The fourth-order valence-electron chi connectivity index (χ4n) is 3.29. The number of hydrogen-bond donors (Lipinski definition) is 1. The van der Waals surface area contributed by atoms with E-state index in [0.29, 0.717) is 11.3 Å². The summed E-state index contributed by atoms with van der Waals surface area (Å²) in [6.45, 7) is 4.30. The van der Waals surface area contributed by atoms with Crippen molar-refractivity contribution in [1.29, 1.82) is 0 Å². The van der Waals surface area contributed by atoms with Crippen molar-refractivity contribution in [1.82, 2.24) is 10.3 Å². The normalized spacial score (nSPS) is 14.5. The second-order valence-electron chi connectivity index (χ2n) is 7.27. The highest BCUT2D eigenvalue weighted by molar-refractivity contribution is 5.94. The summed E-state index contributed by atoms with van der Waals surface area (Å²) in [5.41, 5.74) is 5.16. The number of amides is 1. The van der Waals surface area contributed by atoms with E-state index in [1.807, 2.05) is 78.9 Å². The summed E-state index contributed by atoms with van der Waals surface area (Å²) in [6.07, 6.45) is 1.60. The Bertz CT molecular complexity index is 1010. The van der Waals surface area contributed by atoms with E-state index in [1.54, 1.807) is 6.21 Å². The molecule has 1 fully saturated rings. The molecule has 0 spiro atoms. The first-order chi connectivity index (χ1) is 15.3. The van der Waals surface area contributed by atoms with E-state index in [9.17, 15) is 4.79 Å². The minimum atomic E-state index is -0.245. The van der Waals surface area contributed by atoms with Crippen molar-refractivity contribution < 1.29 is 14.3 Å². The van der Waals surface area contributed by atoms with Crippen LogP contribution in [-0.4, -0.2) is 43.3 Å². The Morgan fingerprint density at radius 1 is 0.968 bits per heavy atom. The van der Waals surface area contributed by atoms with Crippen LogP contribution in [0.15, 0.2) is 84.0 Å². The van der Waals surface area contributed by atoms with Crippen LogP contribution in [0.4, 0.5) is 0 Å². The third kappa shape index (κ3) is 6.25. The largest absolute Gasteiger partial charge is 0.457 e. The second-order valence-corrected chi connectivity index (χ2v) is 7.27. The van der Waals surface area contributed by atoms with Crippen LogP contribution >= 0.6 is 0 Å². The van der Waals surface area contributed by atoms with Gasteiger partial charge in [-0.1, -0.05) is 42.5 Å². The highest BCUT2D eigenvalue weighted by atomic mass is 16.5. The number of carbonyl (C=O) groups is 1. The van der Waals surface area contributed by atoms with Crippen LogP contribution in [0.1, 0.15) is 21.5 Å². The van der Waals surface area contributed by atoms with Gasteiger partial charge >= 0.3 is 0 Å². The van der Waals surface area contributed by atoms with Gasteiger partial charge in [0, 0.05) is 25.2 Å². The molecule has 0 unspecified atom stereocenters. The fraction of sp³-hybridized carbons (Fsp3) is 0.200. The van der Waals surface area contributed by atoms with Gasteiger partial charge in [0.2, 0.25) is 0 Å². The van der Waals surface area contributed by atoms with Crippen molar-refractivity contribution in [3.05, 3.63) is 95.6 Å². The van der Waals surface area contributed by atoms with Gasteiger partial charge in [-0.2, -0.15) is 5.10 Å². The molecule has 3 aromatic rings. The van der Waals surface area contributed by atoms with E-state index in [0.717, 1.165) is 44.2 Å². The van der Waals surface area contributed by atoms with Gasteiger partial charge in [0.15, 0.2) is 0 Å². The molecule has 0 atom stereocenters. The summed E-state index contributed by atoms with van der Waals surface area (Å²) in [4.78, 5) is 14.7. The Morgan fingerprint density at radius 2 is 1.71 bits per heavy atom. The lowest BCUT2D eigenvalue weighted by atomic mass is 10.1. The molecule has 0 saturated carbocycles. The van der Waals surface area contributed by atoms with Crippen LogP contribution in [0.3, 0.4) is 0 Å². The average molecular weight is 415 g/mol. The average Bonchev–Trinajstić information content (AvgIpc) is 2.81. The first-order valence-corrected chi connectivity index (χ1v) is 10.3. The number of carbonyl (C=O) groups excluding carboxylic acids is 1. The van der Waals surface area contributed by atoms with Crippen LogP contribution in [0, 0.1) is 0 Å². The number of morpholine rings is 1. The van der Waals surface area contributed by atoms with Gasteiger partial charge in [-0.3, -0.25) is 9.69 Å². The first kappa shape index (κ1) is 20.8. The zero-order chi connectivity index (χ0) is 21.3. The highest BCUT2D eigenvalue weighted by Gasteiger charge is 2.11. The number of benzene rings is 3. The van der Waals surface area contributed by atoms with Crippen molar-refractivity contribution in [3.8, 4) is 11.5 Å². The van der Waals surface area contributed by atoms with E-state index in [4.69, 9.17) is 9.47 Å². The maximum atomic E-state index is 12.4. The molecule has 0 aliphatic carbocycles. The Morgan fingerprint density at radius 3 is 2.48 bits per heavy atom. The van der Waals surface area contributed by atoms with Crippen molar-refractivity contribution in [2.75, 3.05) is 26.3 Å². The van der Waals surface area contributed by atoms with Crippen LogP contribution in [0.5, 0.6) is 11.5 Å². The fourth-order valence-corrected chi connectivity index (χ4v) is 3.29. The standard InChI is InChI=1S/C25H25N3O3/c29-25(22-11-9-20(10-12-22)19-28-13-15-30-16-14-28)27-26-18-21-5-4-8-24(17-21)31-23-6-2-1-3-7-23/h1-12,17-18H,13-16,19H2,(H,27,29)/b26-18-. The summed E-state index contributed by atoms with van der Waals surface area (Å²) >= 11 is 0. The lowest BCUT2D eigenvalue weighted by Crippen LogP contribution is -2.35. The molecular weight excluding hydrogens is 390 g/mol. The van der Waals surface area contributed by atoms with Gasteiger partial charge in [0.25, 0.3) is 5.91 Å². The van der Waals surface area contributed by atoms with E-state index in [-0.39, 0.29) is 5.91 Å². The van der Waals surface area contributed by atoms with Gasteiger partial charge in [-0.25, -0.2) is 5.43 Å². The maximum Gasteiger partial charge on any atom is 0.271 e. The van der Waals surface area contributed by atoms with Crippen molar-refractivity contribution in [3.63, 3.8) is 0 Å². The molecule has 0 aromatic heterocycles. The molecule has 1 heterocycles. The van der Waals surface area contributed by atoms with Crippen molar-refractivity contribution in [2.24, 2.45) is 5.10 Å². The molecule has 158 valence electrons. The smallest absolute Gasteiger partial charge is 0.271 e. The zero-order valence-electron chi connectivity index (χ0n) is 17.2. The molecule has 1 aliphatic rings. The number of hydrazone groups is 1. The molecule has 1 saturated heterocycles. The predicted molar refractivity (Wildman–Crippen MR) is 121 cm³/mol. The summed E-state index contributed by atoms with van der Waals surface area (Å²) < 4.78 is 11.2. The first-order valence-electron chi connectivity index (χ1n) is 10.3. The van der Waals surface area contributed by atoms with E-state index >= 15 is 0 Å². The zero-order valence-corrected chi connectivity index (χ0v) is 17.2. The Labute approximate surface area is 182 Å². The molecule has 1 N–H and O–H groups in total. The lowest BCUT2D eigenvalue weighted by Gasteiger charge is -2.26. The molecule has 3 aromatic carbocycles. The monoisotopic (exact) mass is 415 g/mol. The summed E-state index contributed by atoms with van der Waals surface area (Å²) in [7, 11) is 0. The molecule has 6 nitrogen and oxygen atoms in total. The number of nitrogens with one attached hydrogen (secondary N) is 1. The summed E-state index contributed by atoms with van der Waals surface area (Å²) in [6, 6.07) is 24.7. The quantitative estimate of drug-likeness (QED) is 0.467. The lowest BCUT2D eigenvalue weighted by molar-refractivity contribution is 0.0342. The third-order valence-electron chi connectivity index (χ3n) is 4.94. The topological polar surface area (TPSA) is 63.2 Å². The molecule has 31 heavy (non-hydrogen) atoms. The van der Waals surface area contributed by atoms with Crippen molar-refractivity contribution >= 4 is 12.1 Å². The minimum absolute atomic E-state index is 0.245. The predicted octanol–water partition coefficient (Wildman–Crippen LogP) is 4.08. The number of hydrogen-bond acceptors (Lipinski definition) is 5. The minimum Gasteiger partial charge on any atom is -0.457 e. The molecule has 6 heteroatoms. The summed E-state index contributed by atoms with van der Waals surface area (Å²) in [5, 5.41) is 4.08. The van der Waals surface area contributed by atoms with Gasteiger partial charge in [-0.15, -0.1) is 0 Å². The number of ether oxygens (including phenoxy) is 2. The van der Waals surface area contributed by atoms with E-state index in [2.05, 4.69) is 15.4 Å². The van der Waals surface area contributed by atoms with E-state index < -0.39 is 0 Å². The Balaban J connectivity index is 1.30. The SMILES string of the molecule is O=C(N/N=C\c1cccc(Oc2ccccc2)c1)c1ccc(CN2CCOCC2)cc1. The van der Waals surface area contributed by atoms with Crippen LogP contribution in [-0.2, 0) is 11.3 Å². The molecule has 1 aliphatic heterocycles. The van der Waals surface area contributed by atoms with E-state index in [1.165, 1.54) is 5.56 Å². The van der Waals surface area contributed by atoms with Gasteiger partial charge < -0.3 is 9.47 Å². The van der Waals surface area contributed by atoms with Crippen LogP contribution in [0.2, 0.25) is 0 Å². The van der Waals surface area contributed by atoms with Gasteiger partial charge in [0.1, 0.15) is 11.5 Å². The molecule has 4 rings (SSSR count). The number of para-hydroxylation sites is 1. The van der Waals surface area contributed by atoms with Gasteiger partial charge in [-0.05, 0) is 47.5 Å². The van der Waals surface area contributed by atoms with Gasteiger partial charge in [0.05, 0.1) is 19.4 Å². The maximum absolute atomic E-state index is 12.4. The van der Waals surface area contributed by atoms with Crippen molar-refractivity contribution in [2.45, 2.75) is 6.54 Å². The second kappa shape index (κ2) is 10.5. The summed E-state index contributed by atoms with van der Waals surface area (Å²) in [5.74, 6) is 1.23. The molecule has 1 amide bonds. The number of nitrogens with zero attached hydrogens (tertiary/aromatic N) is 2. The third-order valence-corrected chi connectivity index (χ3v) is 4.94. The Hall–Kier alpha value is -3.48. The molecular formula is C25H25N3O3.